The Kier molecular flexibility index (Phi) is 5.32. The molecule has 1 amide bonds. The molecule has 0 saturated carbocycles. The molecule has 1 aromatic carbocycles. The lowest BCUT2D eigenvalue weighted by Crippen LogP contribution is -2.37. The SMILES string of the molecule is COCC(=O)N1C[C@H]2CN(c3ccc(C(C)=O)cn3)C[C@H]2[C@@H]1c1cccc(F)c1. The molecule has 2 aliphatic heterocycles. The molecule has 152 valence electrons. The number of ketones is 1. The van der Waals surface area contributed by atoms with E-state index < -0.39 is 0 Å². The first kappa shape index (κ1) is 19.5. The topological polar surface area (TPSA) is 62.7 Å². The predicted octanol–water partition coefficient (Wildman–Crippen LogP) is 2.71. The number of methoxy groups -OCH3 is 1. The van der Waals surface area contributed by atoms with Crippen molar-refractivity contribution in [2.24, 2.45) is 11.8 Å². The zero-order chi connectivity index (χ0) is 20.5. The molecule has 2 fully saturated rings. The van der Waals surface area contributed by atoms with E-state index >= 15 is 0 Å². The number of fused-ring (bicyclic) bond motifs is 1. The second kappa shape index (κ2) is 7.91. The maximum absolute atomic E-state index is 13.9. The monoisotopic (exact) mass is 397 g/mol. The number of benzene rings is 1. The molecule has 0 bridgehead atoms. The van der Waals surface area contributed by atoms with Gasteiger partial charge in [0, 0.05) is 50.3 Å². The smallest absolute Gasteiger partial charge is 0.249 e. The largest absolute Gasteiger partial charge is 0.375 e. The van der Waals surface area contributed by atoms with Crippen LogP contribution in [0.25, 0.3) is 0 Å². The summed E-state index contributed by atoms with van der Waals surface area (Å²) in [7, 11) is 1.50. The van der Waals surface area contributed by atoms with Crippen LogP contribution in [0.1, 0.15) is 28.9 Å². The van der Waals surface area contributed by atoms with Crippen LogP contribution in [0.5, 0.6) is 0 Å². The number of carbonyl (C=O) groups is 2. The molecule has 0 N–H and O–H groups in total. The fraction of sp³-hybridized carbons (Fsp3) is 0.409. The average Bonchev–Trinajstić information content (AvgIpc) is 3.26. The fourth-order valence-corrected chi connectivity index (χ4v) is 4.59. The fourth-order valence-electron chi connectivity index (χ4n) is 4.59. The van der Waals surface area contributed by atoms with Gasteiger partial charge in [0.2, 0.25) is 5.91 Å². The van der Waals surface area contributed by atoms with Crippen LogP contribution in [0, 0.1) is 17.7 Å². The van der Waals surface area contributed by atoms with E-state index in [2.05, 4.69) is 9.88 Å². The molecule has 7 heteroatoms. The molecular formula is C22H24FN3O3. The summed E-state index contributed by atoms with van der Waals surface area (Å²) in [5.41, 5.74) is 1.39. The molecular weight excluding hydrogens is 373 g/mol. The van der Waals surface area contributed by atoms with Gasteiger partial charge in [0.25, 0.3) is 0 Å². The first-order valence-electron chi connectivity index (χ1n) is 9.73. The third-order valence-corrected chi connectivity index (χ3v) is 5.92. The normalized spacial score (nSPS) is 23.3. The molecule has 0 aliphatic carbocycles. The van der Waals surface area contributed by atoms with Crippen molar-refractivity contribution in [1.29, 1.82) is 0 Å². The van der Waals surface area contributed by atoms with Crippen LogP contribution in [0.3, 0.4) is 0 Å². The van der Waals surface area contributed by atoms with Gasteiger partial charge in [0.1, 0.15) is 18.2 Å². The van der Waals surface area contributed by atoms with Crippen LogP contribution < -0.4 is 4.90 Å². The van der Waals surface area contributed by atoms with E-state index in [1.807, 2.05) is 17.0 Å². The molecule has 6 nitrogen and oxygen atoms in total. The van der Waals surface area contributed by atoms with E-state index in [4.69, 9.17) is 4.74 Å². The van der Waals surface area contributed by atoms with Crippen LogP contribution in [-0.4, -0.2) is 54.9 Å². The lowest BCUT2D eigenvalue weighted by Gasteiger charge is -2.30. The molecule has 0 spiro atoms. The zero-order valence-corrected chi connectivity index (χ0v) is 16.5. The van der Waals surface area contributed by atoms with Gasteiger partial charge >= 0.3 is 0 Å². The third kappa shape index (κ3) is 3.74. The Morgan fingerprint density at radius 1 is 1.21 bits per heavy atom. The highest BCUT2D eigenvalue weighted by Crippen LogP contribution is 2.45. The first-order valence-corrected chi connectivity index (χ1v) is 9.73. The van der Waals surface area contributed by atoms with Crippen LogP contribution in [0.15, 0.2) is 42.6 Å². The maximum atomic E-state index is 13.9. The Hall–Kier alpha value is -2.80. The van der Waals surface area contributed by atoms with Crippen molar-refractivity contribution in [1.82, 2.24) is 9.88 Å². The Labute approximate surface area is 169 Å². The van der Waals surface area contributed by atoms with Gasteiger partial charge in [-0.3, -0.25) is 9.59 Å². The standard InChI is InChI=1S/C22H24FN3O3/c1-14(27)16-6-7-20(24-9-16)25-10-17-11-26(21(28)13-29-2)22(19(17)12-25)15-4-3-5-18(23)8-15/h3-9,17,19,22H,10-13H2,1-2H3/t17-,19-,22+/m1/s1. The number of carbonyl (C=O) groups excluding carboxylic acids is 2. The molecule has 29 heavy (non-hydrogen) atoms. The highest BCUT2D eigenvalue weighted by molar-refractivity contribution is 5.93. The van der Waals surface area contributed by atoms with Gasteiger partial charge in [-0.15, -0.1) is 0 Å². The molecule has 2 aromatic rings. The summed E-state index contributed by atoms with van der Waals surface area (Å²) in [5, 5.41) is 0. The van der Waals surface area contributed by atoms with Gasteiger partial charge in [0.05, 0.1) is 6.04 Å². The zero-order valence-electron chi connectivity index (χ0n) is 16.5. The van der Waals surface area contributed by atoms with Gasteiger partial charge in [-0.2, -0.15) is 0 Å². The third-order valence-electron chi connectivity index (χ3n) is 5.92. The van der Waals surface area contributed by atoms with Crippen molar-refractivity contribution in [3.8, 4) is 0 Å². The van der Waals surface area contributed by atoms with E-state index in [0.29, 0.717) is 12.1 Å². The van der Waals surface area contributed by atoms with E-state index in [0.717, 1.165) is 24.5 Å². The van der Waals surface area contributed by atoms with Crippen molar-refractivity contribution in [3.63, 3.8) is 0 Å². The molecule has 3 heterocycles. The number of aromatic nitrogens is 1. The molecule has 0 radical (unpaired) electrons. The van der Waals surface area contributed by atoms with Crippen LogP contribution >= 0.6 is 0 Å². The first-order chi connectivity index (χ1) is 14.0. The van der Waals surface area contributed by atoms with Crippen LogP contribution in [0.2, 0.25) is 0 Å². The number of likely N-dealkylation sites (tertiary alicyclic amines) is 1. The number of amides is 1. The molecule has 1 aromatic heterocycles. The van der Waals surface area contributed by atoms with E-state index in [1.165, 1.54) is 26.2 Å². The molecule has 2 saturated heterocycles. The number of Topliss-reactive ketones (excluding diaryl/α,β-unsaturated/α-hetero) is 1. The summed E-state index contributed by atoms with van der Waals surface area (Å²) in [6, 6.07) is 9.96. The van der Waals surface area contributed by atoms with Gasteiger partial charge in [-0.05, 0) is 36.8 Å². The van der Waals surface area contributed by atoms with Crippen molar-refractivity contribution < 1.29 is 18.7 Å². The average molecular weight is 397 g/mol. The molecule has 0 unspecified atom stereocenters. The number of hydrogen-bond acceptors (Lipinski definition) is 5. The van der Waals surface area contributed by atoms with Crippen molar-refractivity contribution >= 4 is 17.5 Å². The van der Waals surface area contributed by atoms with Crippen molar-refractivity contribution in [2.75, 3.05) is 38.3 Å². The summed E-state index contributed by atoms with van der Waals surface area (Å²) < 4.78 is 19.0. The lowest BCUT2D eigenvalue weighted by molar-refractivity contribution is -0.136. The van der Waals surface area contributed by atoms with Gasteiger partial charge in [-0.1, -0.05) is 12.1 Å². The minimum absolute atomic E-state index is 0.0131. The van der Waals surface area contributed by atoms with Gasteiger partial charge < -0.3 is 14.5 Å². The quantitative estimate of drug-likeness (QED) is 0.726. The second-order valence-corrected chi connectivity index (χ2v) is 7.77. The summed E-state index contributed by atoms with van der Waals surface area (Å²) in [6.07, 6.45) is 1.60. The maximum Gasteiger partial charge on any atom is 0.249 e. The Balaban J connectivity index is 1.60. The summed E-state index contributed by atoms with van der Waals surface area (Å²) in [5.74, 6) is 0.858. The number of rotatable bonds is 5. The summed E-state index contributed by atoms with van der Waals surface area (Å²) >= 11 is 0. The second-order valence-electron chi connectivity index (χ2n) is 7.77. The summed E-state index contributed by atoms with van der Waals surface area (Å²) in [4.78, 5) is 32.6. The number of halogens is 1. The predicted molar refractivity (Wildman–Crippen MR) is 106 cm³/mol. The van der Waals surface area contributed by atoms with E-state index in [-0.39, 0.29) is 42.0 Å². The summed E-state index contributed by atoms with van der Waals surface area (Å²) in [6.45, 7) is 3.62. The minimum Gasteiger partial charge on any atom is -0.375 e. The van der Waals surface area contributed by atoms with Gasteiger partial charge in [0.15, 0.2) is 5.78 Å². The molecule has 2 aliphatic rings. The number of ether oxygens (including phenoxy) is 1. The lowest BCUT2D eigenvalue weighted by atomic mass is 9.89. The minimum atomic E-state index is -0.304. The molecule has 3 atom stereocenters. The van der Waals surface area contributed by atoms with Crippen molar-refractivity contribution in [2.45, 2.75) is 13.0 Å². The van der Waals surface area contributed by atoms with E-state index in [9.17, 15) is 14.0 Å². The van der Waals surface area contributed by atoms with Crippen LogP contribution in [-0.2, 0) is 9.53 Å². The van der Waals surface area contributed by atoms with Gasteiger partial charge in [-0.25, -0.2) is 9.37 Å². The van der Waals surface area contributed by atoms with E-state index in [1.54, 1.807) is 18.3 Å². The number of nitrogens with zero attached hydrogens (tertiary/aromatic N) is 3. The number of anilines is 1. The Bertz CT molecular complexity index is 918. The van der Waals surface area contributed by atoms with Crippen molar-refractivity contribution in [3.05, 3.63) is 59.5 Å². The van der Waals surface area contributed by atoms with Crippen LogP contribution in [0.4, 0.5) is 10.2 Å². The Morgan fingerprint density at radius 3 is 2.69 bits per heavy atom. The Morgan fingerprint density at radius 2 is 2.03 bits per heavy atom. The highest BCUT2D eigenvalue weighted by atomic mass is 19.1. The molecule has 4 rings (SSSR count). The number of pyridine rings is 1. The number of hydrogen-bond donors (Lipinski definition) is 0. The highest BCUT2D eigenvalue weighted by Gasteiger charge is 2.49.